The van der Waals surface area contributed by atoms with E-state index in [9.17, 15) is 13.2 Å². The number of amides is 1. The molecule has 3 unspecified atom stereocenters. The Bertz CT molecular complexity index is 510. The number of likely N-dealkylation sites (tertiary alicyclic amines) is 1. The number of carbonyl (C=O) groups is 1. The van der Waals surface area contributed by atoms with E-state index in [0.29, 0.717) is 13.1 Å². The predicted molar refractivity (Wildman–Crippen MR) is 93.9 cm³/mol. The number of hydrogen-bond acceptors (Lipinski definition) is 4. The summed E-state index contributed by atoms with van der Waals surface area (Å²) < 4.78 is 25.0. The Balaban J connectivity index is 0.00000264. The lowest BCUT2D eigenvalue weighted by atomic mass is 9.73. The lowest BCUT2D eigenvalue weighted by Crippen LogP contribution is -2.55. The molecular formula is C15H30ClN3O3S. The molecule has 0 aromatic carbocycles. The van der Waals surface area contributed by atoms with Crippen molar-refractivity contribution in [2.75, 3.05) is 25.9 Å². The van der Waals surface area contributed by atoms with E-state index in [0.717, 1.165) is 45.1 Å². The Hall–Kier alpha value is -0.370. The van der Waals surface area contributed by atoms with Crippen molar-refractivity contribution in [3.05, 3.63) is 0 Å². The molecule has 1 aliphatic heterocycles. The highest BCUT2D eigenvalue weighted by molar-refractivity contribution is 7.88. The van der Waals surface area contributed by atoms with Crippen LogP contribution in [0.25, 0.3) is 0 Å². The third kappa shape index (κ3) is 5.89. The second-order valence-corrected chi connectivity index (χ2v) is 9.05. The van der Waals surface area contributed by atoms with Crippen LogP contribution >= 0.6 is 12.4 Å². The van der Waals surface area contributed by atoms with Crippen molar-refractivity contribution in [3.63, 3.8) is 0 Å². The summed E-state index contributed by atoms with van der Waals surface area (Å²) in [6, 6.07) is 0. The maximum atomic E-state index is 12.8. The first kappa shape index (κ1) is 20.7. The van der Waals surface area contributed by atoms with Crippen LogP contribution in [0.15, 0.2) is 0 Å². The van der Waals surface area contributed by atoms with Crippen LogP contribution < -0.4 is 10.5 Å². The zero-order valence-corrected chi connectivity index (χ0v) is 15.7. The molecule has 8 heteroatoms. The minimum Gasteiger partial charge on any atom is -0.342 e. The molecule has 136 valence electrons. The van der Waals surface area contributed by atoms with E-state index in [1.807, 2.05) is 11.8 Å². The van der Waals surface area contributed by atoms with Crippen molar-refractivity contribution in [1.29, 1.82) is 0 Å². The van der Waals surface area contributed by atoms with E-state index in [-0.39, 0.29) is 30.2 Å². The van der Waals surface area contributed by atoms with Crippen molar-refractivity contribution in [2.24, 2.45) is 17.6 Å². The van der Waals surface area contributed by atoms with Gasteiger partial charge in [-0.25, -0.2) is 13.1 Å². The molecule has 1 saturated carbocycles. The molecule has 1 saturated heterocycles. The normalized spacial score (nSPS) is 32.2. The summed E-state index contributed by atoms with van der Waals surface area (Å²) in [5, 5.41) is 0. The van der Waals surface area contributed by atoms with E-state index in [1.165, 1.54) is 6.26 Å². The predicted octanol–water partition coefficient (Wildman–Crippen LogP) is 1.10. The summed E-state index contributed by atoms with van der Waals surface area (Å²) in [5.74, 6) is 0.261. The molecule has 0 radical (unpaired) electrons. The van der Waals surface area contributed by atoms with Crippen LogP contribution in [0.2, 0.25) is 0 Å². The van der Waals surface area contributed by atoms with Crippen LogP contribution in [0.4, 0.5) is 0 Å². The monoisotopic (exact) mass is 367 g/mol. The van der Waals surface area contributed by atoms with Gasteiger partial charge in [-0.1, -0.05) is 12.8 Å². The average molecular weight is 368 g/mol. The minimum absolute atomic E-state index is 0. The van der Waals surface area contributed by atoms with Gasteiger partial charge in [0.25, 0.3) is 0 Å². The van der Waals surface area contributed by atoms with Crippen molar-refractivity contribution in [2.45, 2.75) is 51.0 Å². The summed E-state index contributed by atoms with van der Waals surface area (Å²) in [6.07, 6.45) is 6.98. The van der Waals surface area contributed by atoms with Crippen LogP contribution in [-0.2, 0) is 14.8 Å². The quantitative estimate of drug-likeness (QED) is 0.778. The molecule has 3 atom stereocenters. The molecule has 0 spiro atoms. The Kier molecular flexibility index (Phi) is 7.32. The lowest BCUT2D eigenvalue weighted by Gasteiger charge is -2.42. The summed E-state index contributed by atoms with van der Waals surface area (Å²) in [6.45, 7) is 3.79. The highest BCUT2D eigenvalue weighted by atomic mass is 35.5. The Morgan fingerprint density at radius 1 is 1.30 bits per heavy atom. The van der Waals surface area contributed by atoms with Crippen molar-refractivity contribution >= 4 is 28.3 Å². The SMILES string of the molecule is CC1(N)CCCCC1C(=O)N1CCCC(CNS(C)(=O)=O)C1.Cl. The summed E-state index contributed by atoms with van der Waals surface area (Å²) in [5.41, 5.74) is 5.93. The number of rotatable bonds is 4. The Morgan fingerprint density at radius 2 is 2.00 bits per heavy atom. The largest absolute Gasteiger partial charge is 0.342 e. The third-order valence-electron chi connectivity index (χ3n) is 5.02. The number of nitrogens with one attached hydrogen (secondary N) is 1. The number of halogens is 1. The number of piperidine rings is 1. The van der Waals surface area contributed by atoms with Gasteiger partial charge in [-0.2, -0.15) is 0 Å². The van der Waals surface area contributed by atoms with Crippen molar-refractivity contribution in [1.82, 2.24) is 9.62 Å². The molecule has 23 heavy (non-hydrogen) atoms. The summed E-state index contributed by atoms with van der Waals surface area (Å²) in [7, 11) is -3.17. The number of hydrogen-bond donors (Lipinski definition) is 2. The van der Waals surface area contributed by atoms with Gasteiger partial charge in [-0.05, 0) is 38.5 Å². The standard InChI is InChI=1S/C15H29N3O3S.ClH/c1-15(16)8-4-3-7-13(15)14(19)18-9-5-6-12(11-18)10-17-22(2,20)21;/h12-13,17H,3-11,16H2,1-2H3;1H. The molecule has 2 fully saturated rings. The molecule has 0 bridgehead atoms. The number of nitrogens with two attached hydrogens (primary N) is 1. The van der Waals surface area contributed by atoms with Gasteiger partial charge < -0.3 is 10.6 Å². The third-order valence-corrected chi connectivity index (χ3v) is 5.71. The molecular weight excluding hydrogens is 338 g/mol. The van der Waals surface area contributed by atoms with Gasteiger partial charge in [0.15, 0.2) is 0 Å². The van der Waals surface area contributed by atoms with Crippen LogP contribution in [0.3, 0.4) is 0 Å². The van der Waals surface area contributed by atoms with Gasteiger partial charge in [0.05, 0.1) is 12.2 Å². The molecule has 1 heterocycles. The topological polar surface area (TPSA) is 92.5 Å². The number of carbonyl (C=O) groups excluding carboxylic acids is 1. The summed E-state index contributed by atoms with van der Waals surface area (Å²) in [4.78, 5) is 14.7. The fourth-order valence-corrected chi connectivity index (χ4v) is 4.22. The highest BCUT2D eigenvalue weighted by Crippen LogP contribution is 2.33. The van der Waals surface area contributed by atoms with E-state index < -0.39 is 15.6 Å². The van der Waals surface area contributed by atoms with Gasteiger partial charge >= 0.3 is 0 Å². The van der Waals surface area contributed by atoms with Gasteiger partial charge in [-0.3, -0.25) is 4.79 Å². The van der Waals surface area contributed by atoms with Crippen LogP contribution in [0.1, 0.15) is 45.4 Å². The van der Waals surface area contributed by atoms with Crippen molar-refractivity contribution in [3.8, 4) is 0 Å². The Labute approximate surface area is 146 Å². The molecule has 0 aromatic rings. The van der Waals surface area contributed by atoms with E-state index in [2.05, 4.69) is 4.72 Å². The average Bonchev–Trinajstić information content (AvgIpc) is 2.44. The number of sulfonamides is 1. The van der Waals surface area contributed by atoms with Gasteiger partial charge in [0.1, 0.15) is 0 Å². The van der Waals surface area contributed by atoms with Gasteiger partial charge in [0.2, 0.25) is 15.9 Å². The van der Waals surface area contributed by atoms with Crippen LogP contribution in [-0.4, -0.2) is 50.7 Å². The molecule has 3 N–H and O–H groups in total. The fourth-order valence-electron chi connectivity index (χ4n) is 3.69. The first-order valence-corrected chi connectivity index (χ1v) is 10.1. The second-order valence-electron chi connectivity index (χ2n) is 7.22. The molecule has 6 nitrogen and oxygen atoms in total. The molecule has 0 aromatic heterocycles. The first-order valence-electron chi connectivity index (χ1n) is 8.21. The van der Waals surface area contributed by atoms with Gasteiger partial charge in [0, 0.05) is 25.2 Å². The van der Waals surface area contributed by atoms with E-state index in [4.69, 9.17) is 5.73 Å². The highest BCUT2D eigenvalue weighted by Gasteiger charge is 2.40. The molecule has 2 rings (SSSR count). The minimum atomic E-state index is -3.17. The van der Waals surface area contributed by atoms with Gasteiger partial charge in [-0.15, -0.1) is 12.4 Å². The number of nitrogens with zero attached hydrogens (tertiary/aromatic N) is 1. The maximum absolute atomic E-state index is 12.8. The smallest absolute Gasteiger partial charge is 0.227 e. The van der Waals surface area contributed by atoms with Crippen molar-refractivity contribution < 1.29 is 13.2 Å². The zero-order chi connectivity index (χ0) is 16.4. The lowest BCUT2D eigenvalue weighted by molar-refractivity contribution is -0.140. The van der Waals surface area contributed by atoms with E-state index in [1.54, 1.807) is 0 Å². The molecule has 1 aliphatic carbocycles. The zero-order valence-electron chi connectivity index (χ0n) is 14.1. The summed E-state index contributed by atoms with van der Waals surface area (Å²) >= 11 is 0. The second kappa shape index (κ2) is 8.14. The maximum Gasteiger partial charge on any atom is 0.227 e. The van der Waals surface area contributed by atoms with E-state index >= 15 is 0 Å². The molecule has 2 aliphatic rings. The van der Waals surface area contributed by atoms with Crippen LogP contribution in [0.5, 0.6) is 0 Å². The molecule has 1 amide bonds. The fraction of sp³-hybridized carbons (Fsp3) is 0.933. The Morgan fingerprint density at radius 3 is 2.61 bits per heavy atom. The van der Waals surface area contributed by atoms with Crippen LogP contribution in [0, 0.1) is 11.8 Å². The first-order chi connectivity index (χ1) is 10.2.